The van der Waals surface area contributed by atoms with E-state index in [0.717, 1.165) is 30.7 Å². The van der Waals surface area contributed by atoms with Crippen molar-refractivity contribution in [3.63, 3.8) is 0 Å². The van der Waals surface area contributed by atoms with Crippen LogP contribution < -0.4 is 0 Å². The molecule has 0 radical (unpaired) electrons. The van der Waals surface area contributed by atoms with Gasteiger partial charge in [-0.3, -0.25) is 9.48 Å². The molecule has 0 saturated carbocycles. The molecule has 0 aliphatic carbocycles. The highest BCUT2D eigenvalue weighted by Gasteiger charge is 2.57. The second-order valence-corrected chi connectivity index (χ2v) is 6.42. The Kier molecular flexibility index (Phi) is 3.74. The Morgan fingerprint density at radius 2 is 2.29 bits per heavy atom. The van der Waals surface area contributed by atoms with Gasteiger partial charge in [-0.15, -0.1) is 0 Å². The summed E-state index contributed by atoms with van der Waals surface area (Å²) in [5.41, 5.74) is 0.845. The van der Waals surface area contributed by atoms with Gasteiger partial charge < -0.3 is 9.84 Å². The summed E-state index contributed by atoms with van der Waals surface area (Å²) in [6, 6.07) is 0. The summed E-state index contributed by atoms with van der Waals surface area (Å²) in [6.45, 7) is 4.70. The van der Waals surface area contributed by atoms with Crippen molar-refractivity contribution in [3.05, 3.63) is 16.4 Å². The molecule has 1 aromatic heterocycles. The zero-order valence-electron chi connectivity index (χ0n) is 12.4. The molecular formula is C15H21ClN2O3. The largest absolute Gasteiger partial charge is 0.481 e. The van der Waals surface area contributed by atoms with Crippen molar-refractivity contribution < 1.29 is 14.6 Å². The van der Waals surface area contributed by atoms with Crippen LogP contribution in [-0.4, -0.2) is 33.1 Å². The lowest BCUT2D eigenvalue weighted by Crippen LogP contribution is -2.42. The minimum absolute atomic E-state index is 0.0912. The van der Waals surface area contributed by atoms with Crippen molar-refractivity contribution in [3.8, 4) is 0 Å². The molecule has 3 unspecified atom stereocenters. The maximum Gasteiger partial charge on any atom is 0.312 e. The van der Waals surface area contributed by atoms with Crippen LogP contribution in [0.1, 0.15) is 44.5 Å². The number of rotatable bonds is 5. The van der Waals surface area contributed by atoms with Crippen LogP contribution in [0.25, 0.3) is 0 Å². The number of ether oxygens (including phenoxy) is 1. The van der Waals surface area contributed by atoms with Gasteiger partial charge in [-0.25, -0.2) is 0 Å². The standard InChI is InChI=1S/C15H21ClN2O3/c1-3-10-13(16)11(18(4-2)17-10)8-15(14(19)20)7-9-5-6-12(15)21-9/h9,12H,3-8H2,1-2H3,(H,19,20). The number of aryl methyl sites for hydroxylation is 2. The molecule has 1 aromatic rings. The SMILES string of the molecule is CCc1nn(CC)c(CC2(C(=O)O)CC3CCC2O3)c1Cl. The van der Waals surface area contributed by atoms with E-state index in [-0.39, 0.29) is 12.2 Å². The molecule has 3 atom stereocenters. The number of carbonyl (C=O) groups is 1. The lowest BCUT2D eigenvalue weighted by Gasteiger charge is -2.31. The van der Waals surface area contributed by atoms with E-state index in [2.05, 4.69) is 5.10 Å². The highest BCUT2D eigenvalue weighted by molar-refractivity contribution is 6.31. The van der Waals surface area contributed by atoms with E-state index in [1.807, 2.05) is 18.5 Å². The molecule has 6 heteroatoms. The van der Waals surface area contributed by atoms with Crippen LogP contribution in [-0.2, 0) is 28.9 Å². The molecule has 0 spiro atoms. The lowest BCUT2D eigenvalue weighted by molar-refractivity contribution is -0.152. The third-order valence-electron chi connectivity index (χ3n) is 4.92. The topological polar surface area (TPSA) is 64.4 Å². The van der Waals surface area contributed by atoms with Gasteiger partial charge >= 0.3 is 5.97 Å². The van der Waals surface area contributed by atoms with Crippen molar-refractivity contribution in [2.75, 3.05) is 0 Å². The summed E-state index contributed by atoms with van der Waals surface area (Å²) < 4.78 is 7.66. The van der Waals surface area contributed by atoms with Gasteiger partial charge in [0.15, 0.2) is 0 Å². The summed E-state index contributed by atoms with van der Waals surface area (Å²) in [4.78, 5) is 12.0. The minimum atomic E-state index is -0.843. The molecule has 116 valence electrons. The van der Waals surface area contributed by atoms with Gasteiger partial charge in [0.1, 0.15) is 5.41 Å². The first-order chi connectivity index (χ1) is 10.0. The summed E-state index contributed by atoms with van der Waals surface area (Å²) >= 11 is 6.44. The Morgan fingerprint density at radius 1 is 1.52 bits per heavy atom. The predicted octanol–water partition coefficient (Wildman–Crippen LogP) is 2.68. The summed E-state index contributed by atoms with van der Waals surface area (Å²) in [5, 5.41) is 14.9. The van der Waals surface area contributed by atoms with E-state index in [1.165, 1.54) is 0 Å². The Morgan fingerprint density at radius 3 is 2.76 bits per heavy atom. The first kappa shape index (κ1) is 14.9. The predicted molar refractivity (Wildman–Crippen MR) is 78.6 cm³/mol. The van der Waals surface area contributed by atoms with Crippen molar-refractivity contribution in [2.24, 2.45) is 5.41 Å². The van der Waals surface area contributed by atoms with Crippen molar-refractivity contribution in [1.29, 1.82) is 0 Å². The molecule has 21 heavy (non-hydrogen) atoms. The number of fused-ring (bicyclic) bond motifs is 2. The molecule has 0 amide bonds. The number of halogens is 1. The van der Waals surface area contributed by atoms with Crippen LogP contribution in [0.4, 0.5) is 0 Å². The first-order valence-electron chi connectivity index (χ1n) is 7.64. The van der Waals surface area contributed by atoms with E-state index >= 15 is 0 Å². The molecule has 3 rings (SSSR count). The van der Waals surface area contributed by atoms with Gasteiger partial charge in [0.2, 0.25) is 0 Å². The highest BCUT2D eigenvalue weighted by Crippen LogP contribution is 2.50. The Hall–Kier alpha value is -1.07. The van der Waals surface area contributed by atoms with Crippen LogP contribution in [0.3, 0.4) is 0 Å². The fourth-order valence-corrected chi connectivity index (χ4v) is 4.11. The number of aliphatic carboxylic acids is 1. The van der Waals surface area contributed by atoms with Gasteiger partial charge in [0.05, 0.1) is 28.6 Å². The van der Waals surface area contributed by atoms with Crippen LogP contribution >= 0.6 is 11.6 Å². The van der Waals surface area contributed by atoms with E-state index in [4.69, 9.17) is 16.3 Å². The maximum atomic E-state index is 12.0. The molecule has 2 bridgehead atoms. The number of nitrogens with zero attached hydrogens (tertiary/aromatic N) is 2. The quantitative estimate of drug-likeness (QED) is 0.908. The molecule has 2 fully saturated rings. The third kappa shape index (κ3) is 2.18. The number of carboxylic acids is 1. The molecule has 0 aromatic carbocycles. The van der Waals surface area contributed by atoms with Gasteiger partial charge in [0.25, 0.3) is 0 Å². The number of aromatic nitrogens is 2. The van der Waals surface area contributed by atoms with Crippen molar-refractivity contribution >= 4 is 17.6 Å². The lowest BCUT2D eigenvalue weighted by atomic mass is 9.71. The van der Waals surface area contributed by atoms with Crippen molar-refractivity contribution in [2.45, 2.75) is 64.7 Å². The Bertz CT molecular complexity index is 572. The molecular weight excluding hydrogens is 292 g/mol. The molecule has 1 N–H and O–H groups in total. The van der Waals surface area contributed by atoms with Gasteiger partial charge in [0, 0.05) is 13.0 Å². The van der Waals surface area contributed by atoms with Gasteiger partial charge in [-0.2, -0.15) is 5.10 Å². The van der Waals surface area contributed by atoms with Crippen LogP contribution in [0, 0.1) is 5.41 Å². The smallest absolute Gasteiger partial charge is 0.312 e. The van der Waals surface area contributed by atoms with E-state index < -0.39 is 11.4 Å². The summed E-state index contributed by atoms with van der Waals surface area (Å²) in [6.07, 6.45) is 3.44. The molecule has 2 aliphatic heterocycles. The molecule has 3 heterocycles. The molecule has 2 aliphatic rings. The van der Waals surface area contributed by atoms with Crippen LogP contribution in [0.5, 0.6) is 0 Å². The summed E-state index contributed by atoms with van der Waals surface area (Å²) in [7, 11) is 0. The highest BCUT2D eigenvalue weighted by atomic mass is 35.5. The maximum absolute atomic E-state index is 12.0. The fourth-order valence-electron chi connectivity index (χ4n) is 3.77. The number of hydrogen-bond donors (Lipinski definition) is 1. The monoisotopic (exact) mass is 312 g/mol. The second kappa shape index (κ2) is 5.29. The zero-order valence-corrected chi connectivity index (χ0v) is 13.2. The normalized spacial score (nSPS) is 31.0. The Labute approximate surface area is 129 Å². The van der Waals surface area contributed by atoms with E-state index in [1.54, 1.807) is 0 Å². The fraction of sp³-hybridized carbons (Fsp3) is 0.733. The number of carboxylic acid groups (broad SMARTS) is 1. The average Bonchev–Trinajstić information content (AvgIpc) is 3.14. The Balaban J connectivity index is 1.98. The van der Waals surface area contributed by atoms with Crippen molar-refractivity contribution in [1.82, 2.24) is 9.78 Å². The zero-order chi connectivity index (χ0) is 15.2. The van der Waals surface area contributed by atoms with Gasteiger partial charge in [-0.05, 0) is 32.6 Å². The number of hydrogen-bond acceptors (Lipinski definition) is 3. The van der Waals surface area contributed by atoms with Crippen LogP contribution in [0.15, 0.2) is 0 Å². The van der Waals surface area contributed by atoms with Crippen LogP contribution in [0.2, 0.25) is 5.02 Å². The van der Waals surface area contributed by atoms with E-state index in [0.29, 0.717) is 24.4 Å². The third-order valence-corrected chi connectivity index (χ3v) is 5.36. The average molecular weight is 313 g/mol. The first-order valence-corrected chi connectivity index (χ1v) is 8.02. The molecule has 2 saturated heterocycles. The summed E-state index contributed by atoms with van der Waals surface area (Å²) in [5.74, 6) is -0.771. The van der Waals surface area contributed by atoms with E-state index in [9.17, 15) is 9.90 Å². The second-order valence-electron chi connectivity index (χ2n) is 6.04. The molecule has 5 nitrogen and oxygen atoms in total. The minimum Gasteiger partial charge on any atom is -0.481 e. The van der Waals surface area contributed by atoms with Gasteiger partial charge in [-0.1, -0.05) is 18.5 Å².